The maximum absolute atomic E-state index is 13.3. The minimum Gasteiger partial charge on any atom is -0.480 e. The van der Waals surface area contributed by atoms with Crippen molar-refractivity contribution in [2.45, 2.75) is 12.2 Å². The summed E-state index contributed by atoms with van der Waals surface area (Å²) in [7, 11) is 0. The van der Waals surface area contributed by atoms with E-state index in [1.807, 2.05) is 0 Å². The van der Waals surface area contributed by atoms with Gasteiger partial charge >= 0.3 is 12.1 Å². The molecular weight excluding hydrogens is 230 g/mol. The molecule has 0 aromatic heterocycles. The first kappa shape index (κ1) is 12.4. The normalized spacial score (nSPS) is 13.6. The first-order valence-corrected chi connectivity index (χ1v) is 4.09. The molecule has 0 heterocycles. The molecular formula is C9H7F4NO2. The van der Waals surface area contributed by atoms with Crippen LogP contribution >= 0.6 is 0 Å². The standard InChI is InChI=1S/C9H7F4NO2/c10-6-4(7(14)8(15)16)2-1-3-5(6)9(11,12)13/h1-3,7H,14H2,(H,15,16). The Kier molecular flexibility index (Phi) is 3.18. The summed E-state index contributed by atoms with van der Waals surface area (Å²) >= 11 is 0. The van der Waals surface area contributed by atoms with E-state index in [-0.39, 0.29) is 0 Å². The summed E-state index contributed by atoms with van der Waals surface area (Å²) in [5.41, 5.74) is 2.83. The monoisotopic (exact) mass is 237 g/mol. The summed E-state index contributed by atoms with van der Waals surface area (Å²) in [6.45, 7) is 0. The van der Waals surface area contributed by atoms with Crippen LogP contribution in [0.1, 0.15) is 17.2 Å². The van der Waals surface area contributed by atoms with Gasteiger partial charge in [0.1, 0.15) is 11.9 Å². The van der Waals surface area contributed by atoms with Crippen molar-refractivity contribution in [1.82, 2.24) is 0 Å². The molecule has 0 spiro atoms. The molecule has 1 unspecified atom stereocenters. The van der Waals surface area contributed by atoms with Crippen molar-refractivity contribution in [1.29, 1.82) is 0 Å². The maximum atomic E-state index is 13.3. The summed E-state index contributed by atoms with van der Waals surface area (Å²) in [6.07, 6.45) is -4.88. The van der Waals surface area contributed by atoms with E-state index in [0.29, 0.717) is 6.07 Å². The lowest BCUT2D eigenvalue weighted by Gasteiger charge is -2.13. The van der Waals surface area contributed by atoms with Crippen LogP contribution in [0.25, 0.3) is 0 Å². The van der Waals surface area contributed by atoms with E-state index < -0.39 is 35.1 Å². The number of benzene rings is 1. The van der Waals surface area contributed by atoms with Crippen LogP contribution in [-0.4, -0.2) is 11.1 Å². The van der Waals surface area contributed by atoms with Crippen LogP contribution in [-0.2, 0) is 11.0 Å². The van der Waals surface area contributed by atoms with Crippen molar-refractivity contribution >= 4 is 5.97 Å². The van der Waals surface area contributed by atoms with Gasteiger partial charge in [0.15, 0.2) is 0 Å². The smallest absolute Gasteiger partial charge is 0.419 e. The summed E-state index contributed by atoms with van der Waals surface area (Å²) in [5, 5.41) is 8.48. The minimum absolute atomic E-state index is 0.521. The Labute approximate surface area is 87.5 Å². The van der Waals surface area contributed by atoms with E-state index >= 15 is 0 Å². The maximum Gasteiger partial charge on any atom is 0.419 e. The summed E-state index contributed by atoms with van der Waals surface area (Å²) in [4.78, 5) is 10.4. The van der Waals surface area contributed by atoms with E-state index in [1.54, 1.807) is 0 Å². The zero-order valence-electron chi connectivity index (χ0n) is 7.75. The van der Waals surface area contributed by atoms with Gasteiger partial charge in [-0.2, -0.15) is 13.2 Å². The third-order valence-corrected chi connectivity index (χ3v) is 1.94. The highest BCUT2D eigenvalue weighted by molar-refractivity contribution is 5.75. The first-order chi connectivity index (χ1) is 7.25. The molecule has 1 aromatic rings. The average Bonchev–Trinajstić information content (AvgIpc) is 2.15. The number of carboxylic acids is 1. The molecule has 1 atom stereocenters. The number of carbonyl (C=O) groups is 1. The highest BCUT2D eigenvalue weighted by Crippen LogP contribution is 2.33. The van der Waals surface area contributed by atoms with Gasteiger partial charge in [0.05, 0.1) is 5.56 Å². The van der Waals surface area contributed by atoms with E-state index in [9.17, 15) is 22.4 Å². The van der Waals surface area contributed by atoms with Crippen LogP contribution in [0.3, 0.4) is 0 Å². The lowest BCUT2D eigenvalue weighted by atomic mass is 10.0. The molecule has 0 aliphatic heterocycles. The number of hydrogen-bond acceptors (Lipinski definition) is 2. The SMILES string of the molecule is NC(C(=O)O)c1cccc(C(F)(F)F)c1F. The molecule has 3 nitrogen and oxygen atoms in total. The molecule has 16 heavy (non-hydrogen) atoms. The van der Waals surface area contributed by atoms with Crippen LogP contribution in [0.15, 0.2) is 18.2 Å². The van der Waals surface area contributed by atoms with Gasteiger partial charge in [-0.25, -0.2) is 4.39 Å². The number of aliphatic carboxylic acids is 1. The van der Waals surface area contributed by atoms with Gasteiger partial charge in [-0.3, -0.25) is 4.79 Å². The van der Waals surface area contributed by atoms with Gasteiger partial charge in [0.2, 0.25) is 0 Å². The molecule has 1 rings (SSSR count). The van der Waals surface area contributed by atoms with Gasteiger partial charge in [-0.05, 0) is 6.07 Å². The Morgan fingerprint density at radius 3 is 2.38 bits per heavy atom. The van der Waals surface area contributed by atoms with E-state index in [2.05, 4.69) is 0 Å². The molecule has 0 aliphatic rings. The molecule has 7 heteroatoms. The van der Waals surface area contributed by atoms with Crippen molar-refractivity contribution in [2.24, 2.45) is 5.73 Å². The molecule has 0 aliphatic carbocycles. The predicted octanol–water partition coefficient (Wildman–Crippen LogP) is 1.93. The average molecular weight is 237 g/mol. The number of alkyl halides is 3. The topological polar surface area (TPSA) is 63.3 Å². The third kappa shape index (κ3) is 2.30. The second-order valence-corrected chi connectivity index (χ2v) is 3.02. The number of carboxylic acid groups (broad SMARTS) is 1. The van der Waals surface area contributed by atoms with Gasteiger partial charge in [-0.15, -0.1) is 0 Å². The minimum atomic E-state index is -4.88. The molecule has 0 radical (unpaired) electrons. The first-order valence-electron chi connectivity index (χ1n) is 4.09. The summed E-state index contributed by atoms with van der Waals surface area (Å²) < 4.78 is 50.1. The number of rotatable bonds is 2. The van der Waals surface area contributed by atoms with Crippen LogP contribution < -0.4 is 5.73 Å². The summed E-state index contributed by atoms with van der Waals surface area (Å²) in [6, 6.07) is 0.517. The van der Waals surface area contributed by atoms with Crippen LogP contribution in [0.5, 0.6) is 0 Å². The van der Waals surface area contributed by atoms with Crippen LogP contribution in [0, 0.1) is 5.82 Å². The summed E-state index contributed by atoms with van der Waals surface area (Å²) in [5.74, 6) is -3.25. The van der Waals surface area contributed by atoms with Gasteiger partial charge in [0, 0.05) is 5.56 Å². The molecule has 0 saturated carbocycles. The second-order valence-electron chi connectivity index (χ2n) is 3.02. The Hall–Kier alpha value is -1.63. The number of halogens is 4. The van der Waals surface area contributed by atoms with Crippen LogP contribution in [0.2, 0.25) is 0 Å². The van der Waals surface area contributed by atoms with Crippen LogP contribution in [0.4, 0.5) is 17.6 Å². The Morgan fingerprint density at radius 2 is 1.94 bits per heavy atom. The third-order valence-electron chi connectivity index (χ3n) is 1.94. The molecule has 88 valence electrons. The highest BCUT2D eigenvalue weighted by Gasteiger charge is 2.36. The zero-order valence-corrected chi connectivity index (χ0v) is 7.75. The lowest BCUT2D eigenvalue weighted by molar-refractivity contribution is -0.141. The molecule has 1 aromatic carbocycles. The fraction of sp³-hybridized carbons (Fsp3) is 0.222. The molecule has 0 saturated heterocycles. The lowest BCUT2D eigenvalue weighted by Crippen LogP contribution is -2.23. The van der Waals surface area contributed by atoms with E-state index in [0.717, 1.165) is 12.1 Å². The van der Waals surface area contributed by atoms with Crippen molar-refractivity contribution in [2.75, 3.05) is 0 Å². The van der Waals surface area contributed by atoms with Crippen molar-refractivity contribution in [3.05, 3.63) is 35.1 Å². The van der Waals surface area contributed by atoms with Gasteiger partial charge in [0.25, 0.3) is 0 Å². The van der Waals surface area contributed by atoms with Crippen molar-refractivity contribution in [3.63, 3.8) is 0 Å². The van der Waals surface area contributed by atoms with E-state index in [1.165, 1.54) is 0 Å². The quantitative estimate of drug-likeness (QED) is 0.772. The molecule has 0 bridgehead atoms. The molecule has 0 amide bonds. The largest absolute Gasteiger partial charge is 0.480 e. The van der Waals surface area contributed by atoms with Gasteiger partial charge < -0.3 is 10.8 Å². The van der Waals surface area contributed by atoms with Crippen molar-refractivity contribution < 1.29 is 27.5 Å². The zero-order chi connectivity index (χ0) is 12.5. The Balaban J connectivity index is 3.30. The number of nitrogens with two attached hydrogens (primary N) is 1. The molecule has 3 N–H and O–H groups in total. The van der Waals surface area contributed by atoms with E-state index in [4.69, 9.17) is 10.8 Å². The second kappa shape index (κ2) is 4.09. The molecule has 0 fully saturated rings. The Morgan fingerprint density at radius 1 is 1.38 bits per heavy atom. The van der Waals surface area contributed by atoms with Gasteiger partial charge in [-0.1, -0.05) is 12.1 Å². The number of hydrogen-bond donors (Lipinski definition) is 2. The highest BCUT2D eigenvalue weighted by atomic mass is 19.4. The fourth-order valence-electron chi connectivity index (χ4n) is 1.14. The van der Waals surface area contributed by atoms with Crippen molar-refractivity contribution in [3.8, 4) is 0 Å². The Bertz CT molecular complexity index is 416. The predicted molar refractivity (Wildman–Crippen MR) is 46.0 cm³/mol. The fourth-order valence-corrected chi connectivity index (χ4v) is 1.14.